The topological polar surface area (TPSA) is 88.1 Å². The van der Waals surface area contributed by atoms with Crippen molar-refractivity contribution in [3.8, 4) is 5.69 Å². The van der Waals surface area contributed by atoms with Gasteiger partial charge in [-0.15, -0.1) is 0 Å². The number of amides is 3. The molecule has 0 aliphatic carbocycles. The Bertz CT molecular complexity index is 1160. The van der Waals surface area contributed by atoms with Crippen molar-refractivity contribution in [2.45, 2.75) is 0 Å². The molecule has 1 aromatic heterocycles. The van der Waals surface area contributed by atoms with Crippen molar-refractivity contribution in [2.24, 2.45) is 0 Å². The lowest BCUT2D eigenvalue weighted by molar-refractivity contribution is 0.102. The Hall–Kier alpha value is -4.39. The Morgan fingerprint density at radius 1 is 0.700 bits per heavy atom. The number of nitrogens with zero attached hydrogens (tertiary/aromatic N) is 2. The average molecular weight is 397 g/mol. The molecule has 7 nitrogen and oxygen atoms in total. The summed E-state index contributed by atoms with van der Waals surface area (Å²) < 4.78 is 1.71. The zero-order valence-corrected chi connectivity index (χ0v) is 15.9. The summed E-state index contributed by atoms with van der Waals surface area (Å²) in [7, 11) is 0. The van der Waals surface area contributed by atoms with Crippen molar-refractivity contribution in [2.75, 3.05) is 16.0 Å². The number of nitrogens with one attached hydrogen (secondary N) is 3. The largest absolute Gasteiger partial charge is 0.323 e. The minimum Gasteiger partial charge on any atom is -0.321 e. The van der Waals surface area contributed by atoms with Crippen LogP contribution in [0.25, 0.3) is 5.69 Å². The lowest BCUT2D eigenvalue weighted by Crippen LogP contribution is -2.20. The smallest absolute Gasteiger partial charge is 0.321 e. The number of para-hydroxylation sites is 2. The third-order valence-corrected chi connectivity index (χ3v) is 4.32. The molecule has 3 aromatic carbocycles. The number of carbonyl (C=O) groups is 2. The van der Waals surface area contributed by atoms with Crippen LogP contribution < -0.4 is 16.0 Å². The lowest BCUT2D eigenvalue weighted by Gasteiger charge is -2.11. The predicted octanol–water partition coefficient (Wildman–Crippen LogP) is 4.77. The fourth-order valence-corrected chi connectivity index (χ4v) is 2.94. The molecule has 0 unspecified atom stereocenters. The van der Waals surface area contributed by atoms with Crippen LogP contribution in [0.5, 0.6) is 0 Å². The van der Waals surface area contributed by atoms with Gasteiger partial charge < -0.3 is 16.0 Å². The Balaban J connectivity index is 1.44. The third-order valence-electron chi connectivity index (χ3n) is 4.32. The fourth-order valence-electron chi connectivity index (χ4n) is 2.94. The molecule has 0 radical (unpaired) electrons. The number of urea groups is 1. The number of rotatable bonds is 5. The molecule has 0 aliphatic rings. The zero-order valence-electron chi connectivity index (χ0n) is 15.9. The Kier molecular flexibility index (Phi) is 5.52. The standard InChI is InChI=1S/C23H19N5O2/c29-22(21-15-24-16-28(21)20-12-5-2-6-13-20)25-18-10-7-11-19(14-18)27-23(30)26-17-8-3-1-4-9-17/h1-16H,(H,25,29)(H2,26,27,30). The van der Waals surface area contributed by atoms with Gasteiger partial charge in [-0.2, -0.15) is 0 Å². The van der Waals surface area contributed by atoms with Gasteiger partial charge in [0.15, 0.2) is 0 Å². The predicted molar refractivity (Wildman–Crippen MR) is 117 cm³/mol. The fraction of sp³-hybridized carbons (Fsp3) is 0. The number of carbonyl (C=O) groups excluding carboxylic acids is 2. The van der Waals surface area contributed by atoms with E-state index >= 15 is 0 Å². The highest BCUT2D eigenvalue weighted by Gasteiger charge is 2.13. The van der Waals surface area contributed by atoms with Gasteiger partial charge in [-0.25, -0.2) is 9.78 Å². The van der Waals surface area contributed by atoms with Gasteiger partial charge in [-0.1, -0.05) is 42.5 Å². The van der Waals surface area contributed by atoms with Crippen LogP contribution in [0.4, 0.5) is 21.9 Å². The monoisotopic (exact) mass is 397 g/mol. The molecular weight excluding hydrogens is 378 g/mol. The molecule has 0 saturated heterocycles. The van der Waals surface area contributed by atoms with E-state index in [9.17, 15) is 9.59 Å². The number of aromatic nitrogens is 2. The number of imidazole rings is 1. The summed E-state index contributed by atoms with van der Waals surface area (Å²) >= 11 is 0. The van der Waals surface area contributed by atoms with Crippen molar-refractivity contribution < 1.29 is 9.59 Å². The van der Waals surface area contributed by atoms with E-state index in [1.54, 1.807) is 47.3 Å². The van der Waals surface area contributed by atoms with Gasteiger partial charge in [0.05, 0.1) is 12.5 Å². The van der Waals surface area contributed by atoms with Crippen LogP contribution >= 0.6 is 0 Å². The summed E-state index contributed by atoms with van der Waals surface area (Å²) in [6, 6.07) is 25.2. The molecule has 0 aliphatic heterocycles. The molecule has 0 atom stereocenters. The summed E-state index contributed by atoms with van der Waals surface area (Å²) in [5, 5.41) is 8.35. The van der Waals surface area contributed by atoms with Crippen molar-refractivity contribution in [1.29, 1.82) is 0 Å². The van der Waals surface area contributed by atoms with E-state index in [0.717, 1.165) is 5.69 Å². The second-order valence-corrected chi connectivity index (χ2v) is 6.46. The summed E-state index contributed by atoms with van der Waals surface area (Å²) in [4.78, 5) is 29.0. The SMILES string of the molecule is O=C(Nc1ccccc1)Nc1cccc(NC(=O)c2cncn2-c2ccccc2)c1. The molecule has 3 amide bonds. The summed E-state index contributed by atoms with van der Waals surface area (Å²) in [5.41, 5.74) is 3.04. The van der Waals surface area contributed by atoms with Crippen molar-refractivity contribution in [1.82, 2.24) is 9.55 Å². The van der Waals surface area contributed by atoms with Crippen LogP contribution in [0.3, 0.4) is 0 Å². The normalized spacial score (nSPS) is 10.3. The minimum atomic E-state index is -0.369. The average Bonchev–Trinajstić information content (AvgIpc) is 3.25. The zero-order chi connectivity index (χ0) is 20.8. The van der Waals surface area contributed by atoms with E-state index in [4.69, 9.17) is 0 Å². The highest BCUT2D eigenvalue weighted by Crippen LogP contribution is 2.18. The quantitative estimate of drug-likeness (QED) is 0.453. The maximum atomic E-state index is 12.8. The van der Waals surface area contributed by atoms with Gasteiger partial charge in [-0.3, -0.25) is 9.36 Å². The number of anilines is 3. The van der Waals surface area contributed by atoms with Gasteiger partial charge in [0.2, 0.25) is 0 Å². The maximum absolute atomic E-state index is 12.8. The Morgan fingerprint density at radius 3 is 2.03 bits per heavy atom. The van der Waals surface area contributed by atoms with E-state index < -0.39 is 0 Å². The molecule has 3 N–H and O–H groups in total. The Morgan fingerprint density at radius 2 is 1.30 bits per heavy atom. The molecule has 7 heteroatoms. The highest BCUT2D eigenvalue weighted by molar-refractivity contribution is 6.04. The van der Waals surface area contributed by atoms with E-state index in [2.05, 4.69) is 20.9 Å². The molecular formula is C23H19N5O2. The molecule has 0 fully saturated rings. The van der Waals surface area contributed by atoms with Crippen LogP contribution in [-0.4, -0.2) is 21.5 Å². The summed E-state index contributed by atoms with van der Waals surface area (Å²) in [6.07, 6.45) is 3.11. The second-order valence-electron chi connectivity index (χ2n) is 6.46. The number of hydrogen-bond donors (Lipinski definition) is 3. The van der Waals surface area contributed by atoms with Crippen molar-refractivity contribution in [3.05, 3.63) is 103 Å². The van der Waals surface area contributed by atoms with Crippen LogP contribution in [-0.2, 0) is 0 Å². The highest BCUT2D eigenvalue weighted by atomic mass is 16.2. The first-order valence-electron chi connectivity index (χ1n) is 9.31. The van der Waals surface area contributed by atoms with Gasteiger partial charge in [-0.05, 0) is 42.5 Å². The first kappa shape index (κ1) is 18.9. The van der Waals surface area contributed by atoms with Crippen LogP contribution in [0.15, 0.2) is 97.5 Å². The maximum Gasteiger partial charge on any atom is 0.323 e. The van der Waals surface area contributed by atoms with Gasteiger partial charge in [0.1, 0.15) is 5.69 Å². The van der Waals surface area contributed by atoms with E-state index in [1.165, 1.54) is 6.20 Å². The summed E-state index contributed by atoms with van der Waals surface area (Å²) in [6.45, 7) is 0. The molecule has 1 heterocycles. The number of hydrogen-bond acceptors (Lipinski definition) is 3. The van der Waals surface area contributed by atoms with E-state index in [1.807, 2.05) is 48.5 Å². The van der Waals surface area contributed by atoms with Gasteiger partial charge in [0.25, 0.3) is 5.91 Å². The first-order valence-corrected chi connectivity index (χ1v) is 9.31. The van der Waals surface area contributed by atoms with E-state index in [-0.39, 0.29) is 11.9 Å². The molecule has 30 heavy (non-hydrogen) atoms. The van der Waals surface area contributed by atoms with Gasteiger partial charge in [0, 0.05) is 22.7 Å². The van der Waals surface area contributed by atoms with Crippen LogP contribution in [0.1, 0.15) is 10.5 Å². The first-order chi connectivity index (χ1) is 14.7. The Labute approximate surface area is 173 Å². The molecule has 0 saturated carbocycles. The molecule has 0 spiro atoms. The van der Waals surface area contributed by atoms with Crippen LogP contribution in [0.2, 0.25) is 0 Å². The van der Waals surface area contributed by atoms with E-state index in [0.29, 0.717) is 22.8 Å². The lowest BCUT2D eigenvalue weighted by atomic mass is 10.2. The molecule has 4 aromatic rings. The molecule has 0 bridgehead atoms. The van der Waals surface area contributed by atoms with Gasteiger partial charge >= 0.3 is 6.03 Å². The third kappa shape index (κ3) is 4.53. The second kappa shape index (κ2) is 8.74. The van der Waals surface area contributed by atoms with Crippen molar-refractivity contribution >= 4 is 29.0 Å². The van der Waals surface area contributed by atoms with Crippen molar-refractivity contribution in [3.63, 3.8) is 0 Å². The molecule has 4 rings (SSSR count). The summed E-state index contributed by atoms with van der Waals surface area (Å²) in [5.74, 6) is -0.303. The van der Waals surface area contributed by atoms with Crippen LogP contribution in [0, 0.1) is 0 Å². The minimum absolute atomic E-state index is 0.303. The number of benzene rings is 3. The molecule has 148 valence electrons.